The molecule has 0 bridgehead atoms. The van der Waals surface area contributed by atoms with Gasteiger partial charge in [-0.25, -0.2) is 9.97 Å². The normalized spacial score (nSPS) is 10.3. The molecule has 4 heteroatoms. The van der Waals surface area contributed by atoms with Crippen molar-refractivity contribution in [2.45, 2.75) is 6.92 Å². The van der Waals surface area contributed by atoms with Crippen molar-refractivity contribution in [3.05, 3.63) is 35.5 Å². The molecule has 0 N–H and O–H groups in total. The first-order chi connectivity index (χ1) is 6.25. The summed E-state index contributed by atoms with van der Waals surface area (Å²) in [4.78, 5) is 8.29. The van der Waals surface area contributed by atoms with Crippen LogP contribution in [0.4, 0.5) is 0 Å². The minimum Gasteiger partial charge on any atom is -0.472 e. The second-order valence-electron chi connectivity index (χ2n) is 2.67. The van der Waals surface area contributed by atoms with E-state index in [-0.39, 0.29) is 0 Å². The van der Waals surface area contributed by atoms with Crippen LogP contribution in [0.3, 0.4) is 0 Å². The third-order valence-electron chi connectivity index (χ3n) is 1.60. The molecule has 0 unspecified atom stereocenters. The monoisotopic (exact) mass is 194 g/mol. The third-order valence-corrected chi connectivity index (χ3v) is 1.80. The van der Waals surface area contributed by atoms with Crippen molar-refractivity contribution in [2.24, 2.45) is 0 Å². The number of hydrogen-bond acceptors (Lipinski definition) is 3. The van der Waals surface area contributed by atoms with Crippen LogP contribution in [0.15, 0.2) is 29.1 Å². The van der Waals surface area contributed by atoms with Crippen LogP contribution in [0.5, 0.6) is 0 Å². The van der Waals surface area contributed by atoms with E-state index in [9.17, 15) is 0 Å². The van der Waals surface area contributed by atoms with Crippen molar-refractivity contribution in [1.82, 2.24) is 9.97 Å². The number of aromatic nitrogens is 2. The molecule has 0 radical (unpaired) electrons. The average Bonchev–Trinajstić information content (AvgIpc) is 2.53. The van der Waals surface area contributed by atoms with Gasteiger partial charge in [0.25, 0.3) is 0 Å². The fourth-order valence-electron chi connectivity index (χ4n) is 1.05. The number of hydrogen-bond donors (Lipinski definition) is 0. The van der Waals surface area contributed by atoms with Crippen LogP contribution in [-0.4, -0.2) is 9.97 Å². The molecule has 66 valence electrons. The van der Waals surface area contributed by atoms with Crippen molar-refractivity contribution in [3.63, 3.8) is 0 Å². The second-order valence-corrected chi connectivity index (χ2v) is 3.05. The Morgan fingerprint density at radius 2 is 2.23 bits per heavy atom. The zero-order valence-electron chi connectivity index (χ0n) is 6.99. The molecular formula is C9H7ClN2O. The number of aryl methyl sites for hydroxylation is 1. The Bertz CT molecular complexity index is 391. The number of furan rings is 1. The first-order valence-electron chi connectivity index (χ1n) is 3.79. The predicted molar refractivity (Wildman–Crippen MR) is 49.5 cm³/mol. The molecule has 0 aliphatic heterocycles. The molecule has 0 aromatic carbocycles. The van der Waals surface area contributed by atoms with Gasteiger partial charge in [0.15, 0.2) is 5.82 Å². The Labute approximate surface area is 80.4 Å². The van der Waals surface area contributed by atoms with Gasteiger partial charge in [0, 0.05) is 5.69 Å². The summed E-state index contributed by atoms with van der Waals surface area (Å²) in [5, 5.41) is 0.448. The summed E-state index contributed by atoms with van der Waals surface area (Å²) < 4.78 is 4.93. The van der Waals surface area contributed by atoms with Crippen LogP contribution in [-0.2, 0) is 0 Å². The summed E-state index contributed by atoms with van der Waals surface area (Å²) in [5.41, 5.74) is 1.68. The first kappa shape index (κ1) is 8.26. The average molecular weight is 195 g/mol. The minimum atomic E-state index is 0.448. The molecule has 13 heavy (non-hydrogen) atoms. The lowest BCUT2D eigenvalue weighted by Gasteiger charge is -1.97. The fourth-order valence-corrected chi connectivity index (χ4v) is 1.29. The third kappa shape index (κ3) is 1.70. The lowest BCUT2D eigenvalue weighted by molar-refractivity contribution is 0.568. The Morgan fingerprint density at radius 1 is 1.38 bits per heavy atom. The van der Waals surface area contributed by atoms with Crippen LogP contribution in [0.2, 0.25) is 5.15 Å². The topological polar surface area (TPSA) is 38.9 Å². The van der Waals surface area contributed by atoms with Gasteiger partial charge in [-0.05, 0) is 19.1 Å². The molecule has 0 atom stereocenters. The van der Waals surface area contributed by atoms with Gasteiger partial charge in [-0.2, -0.15) is 0 Å². The van der Waals surface area contributed by atoms with Gasteiger partial charge in [0.1, 0.15) is 11.4 Å². The molecule has 0 aliphatic rings. The molecule has 0 aliphatic carbocycles. The molecule has 0 saturated heterocycles. The quantitative estimate of drug-likeness (QED) is 0.656. The maximum absolute atomic E-state index is 5.79. The van der Waals surface area contributed by atoms with Gasteiger partial charge in [-0.15, -0.1) is 0 Å². The maximum atomic E-state index is 5.79. The minimum absolute atomic E-state index is 0.448. The highest BCUT2D eigenvalue weighted by Gasteiger charge is 2.04. The maximum Gasteiger partial charge on any atom is 0.164 e. The van der Waals surface area contributed by atoms with Crippen molar-refractivity contribution in [3.8, 4) is 11.4 Å². The molecule has 2 aromatic heterocycles. The summed E-state index contributed by atoms with van der Waals surface area (Å²) in [5.74, 6) is 0.596. The Hall–Kier alpha value is -1.35. The SMILES string of the molecule is Cc1cc(Cl)nc(-c2ccoc2)n1. The molecule has 2 rings (SSSR count). The van der Waals surface area contributed by atoms with Gasteiger partial charge >= 0.3 is 0 Å². The molecule has 0 spiro atoms. The van der Waals surface area contributed by atoms with Crippen LogP contribution in [0.25, 0.3) is 11.4 Å². The summed E-state index contributed by atoms with van der Waals surface area (Å²) in [6.07, 6.45) is 3.17. The highest BCUT2D eigenvalue weighted by molar-refractivity contribution is 6.29. The van der Waals surface area contributed by atoms with E-state index < -0.39 is 0 Å². The molecule has 0 fully saturated rings. The summed E-state index contributed by atoms with van der Waals surface area (Å²) in [6.45, 7) is 1.87. The van der Waals surface area contributed by atoms with E-state index in [1.54, 1.807) is 24.7 Å². The Balaban J connectivity index is 2.53. The highest BCUT2D eigenvalue weighted by atomic mass is 35.5. The van der Waals surface area contributed by atoms with Gasteiger partial charge in [-0.1, -0.05) is 11.6 Å². The van der Waals surface area contributed by atoms with E-state index >= 15 is 0 Å². The summed E-state index contributed by atoms with van der Waals surface area (Å²) in [7, 11) is 0. The van der Waals surface area contributed by atoms with Crippen LogP contribution in [0.1, 0.15) is 5.69 Å². The smallest absolute Gasteiger partial charge is 0.164 e. The van der Waals surface area contributed by atoms with Gasteiger partial charge in [-0.3, -0.25) is 0 Å². The van der Waals surface area contributed by atoms with Gasteiger partial charge in [0.2, 0.25) is 0 Å². The van der Waals surface area contributed by atoms with Crippen LogP contribution < -0.4 is 0 Å². The Morgan fingerprint density at radius 3 is 2.85 bits per heavy atom. The summed E-state index contributed by atoms with van der Waals surface area (Å²) >= 11 is 5.79. The zero-order valence-corrected chi connectivity index (χ0v) is 7.75. The van der Waals surface area contributed by atoms with Crippen molar-refractivity contribution < 1.29 is 4.42 Å². The van der Waals surface area contributed by atoms with E-state index in [1.165, 1.54) is 0 Å². The molecule has 2 heterocycles. The number of rotatable bonds is 1. The highest BCUT2D eigenvalue weighted by Crippen LogP contribution is 2.17. The van der Waals surface area contributed by atoms with E-state index in [0.29, 0.717) is 11.0 Å². The van der Waals surface area contributed by atoms with Crippen LogP contribution in [0, 0.1) is 6.92 Å². The van der Waals surface area contributed by atoms with Crippen LogP contribution >= 0.6 is 11.6 Å². The molecule has 2 aromatic rings. The lowest BCUT2D eigenvalue weighted by Crippen LogP contribution is -1.90. The molecule has 3 nitrogen and oxygen atoms in total. The number of nitrogens with zero attached hydrogens (tertiary/aromatic N) is 2. The zero-order chi connectivity index (χ0) is 9.26. The standard InChI is InChI=1S/C9H7ClN2O/c1-6-4-8(10)12-9(11-6)7-2-3-13-5-7/h2-5H,1H3. The predicted octanol–water partition coefficient (Wildman–Crippen LogP) is 2.70. The largest absolute Gasteiger partial charge is 0.472 e. The second kappa shape index (κ2) is 3.18. The summed E-state index contributed by atoms with van der Waals surface area (Å²) in [6, 6.07) is 3.51. The van der Waals surface area contributed by atoms with Crippen molar-refractivity contribution >= 4 is 11.6 Å². The Kier molecular flexibility index (Phi) is 2.02. The lowest BCUT2D eigenvalue weighted by atomic mass is 10.3. The van der Waals surface area contributed by atoms with E-state index in [1.807, 2.05) is 6.92 Å². The fraction of sp³-hybridized carbons (Fsp3) is 0.111. The number of halogens is 1. The van der Waals surface area contributed by atoms with E-state index in [2.05, 4.69) is 9.97 Å². The van der Waals surface area contributed by atoms with Gasteiger partial charge in [0.05, 0.1) is 11.8 Å². The first-order valence-corrected chi connectivity index (χ1v) is 4.17. The molecular weight excluding hydrogens is 188 g/mol. The molecule has 0 saturated carbocycles. The van der Waals surface area contributed by atoms with Gasteiger partial charge < -0.3 is 4.42 Å². The van der Waals surface area contributed by atoms with Crippen molar-refractivity contribution in [2.75, 3.05) is 0 Å². The van der Waals surface area contributed by atoms with Crippen molar-refractivity contribution in [1.29, 1.82) is 0 Å². The molecule has 0 amide bonds. The van der Waals surface area contributed by atoms with E-state index in [0.717, 1.165) is 11.3 Å². The van der Waals surface area contributed by atoms with E-state index in [4.69, 9.17) is 16.0 Å².